The fourth-order valence-corrected chi connectivity index (χ4v) is 1.96. The molecule has 3 aromatic rings. The van der Waals surface area contributed by atoms with Gasteiger partial charge in [-0.1, -0.05) is 30.3 Å². The largest absolute Gasteiger partial charge is 0.545 e. The van der Waals surface area contributed by atoms with E-state index in [-0.39, 0.29) is 0 Å². The first kappa shape index (κ1) is 12.9. The number of aromatic nitrogens is 4. The number of carboxylic acids is 1. The molecule has 0 radical (unpaired) electrons. The van der Waals surface area contributed by atoms with Gasteiger partial charge in [0.15, 0.2) is 0 Å². The second-order valence-electron chi connectivity index (χ2n) is 4.29. The van der Waals surface area contributed by atoms with E-state index in [0.29, 0.717) is 11.4 Å². The average Bonchev–Trinajstić information content (AvgIpc) is 3.01. The molecule has 104 valence electrons. The first-order valence-corrected chi connectivity index (χ1v) is 6.00. The Hall–Kier alpha value is -3.09. The zero-order chi connectivity index (χ0) is 14.8. The number of rotatable bonds is 3. The minimum Gasteiger partial charge on any atom is -0.545 e. The zero-order valence-corrected chi connectivity index (χ0v) is 10.6. The Morgan fingerprint density at radius 3 is 2.29 bits per heavy atom. The van der Waals surface area contributed by atoms with Crippen LogP contribution >= 0.6 is 0 Å². The number of carboxylic acid groups (broad SMARTS) is 1. The highest BCUT2D eigenvalue weighted by atomic mass is 19.1. The molecular weight excluding hydrogens is 275 g/mol. The Kier molecular flexibility index (Phi) is 3.15. The highest BCUT2D eigenvalue weighted by molar-refractivity contribution is 5.87. The number of benzene rings is 2. The summed E-state index contributed by atoms with van der Waals surface area (Å²) in [5, 5.41) is 24.2. The third-order valence-electron chi connectivity index (χ3n) is 3.01. The van der Waals surface area contributed by atoms with E-state index in [9.17, 15) is 14.3 Å². The third-order valence-corrected chi connectivity index (χ3v) is 3.01. The normalized spacial score (nSPS) is 10.5. The highest BCUT2D eigenvalue weighted by Crippen LogP contribution is 2.24. The van der Waals surface area contributed by atoms with E-state index < -0.39 is 17.3 Å². The van der Waals surface area contributed by atoms with Crippen LogP contribution in [0.4, 0.5) is 4.39 Å². The summed E-state index contributed by atoms with van der Waals surface area (Å²) in [6, 6.07) is 10.9. The van der Waals surface area contributed by atoms with Crippen LogP contribution in [0.25, 0.3) is 22.5 Å². The Morgan fingerprint density at radius 1 is 1.05 bits per heavy atom. The summed E-state index contributed by atoms with van der Waals surface area (Å²) in [7, 11) is 0. The van der Waals surface area contributed by atoms with Crippen LogP contribution in [-0.4, -0.2) is 26.6 Å². The Labute approximate surface area is 118 Å². The van der Waals surface area contributed by atoms with Crippen molar-refractivity contribution in [3.05, 3.63) is 53.8 Å². The van der Waals surface area contributed by atoms with E-state index in [0.717, 1.165) is 17.2 Å². The number of nitrogens with zero attached hydrogens (tertiary/aromatic N) is 3. The van der Waals surface area contributed by atoms with Crippen LogP contribution in [0.1, 0.15) is 10.4 Å². The summed E-state index contributed by atoms with van der Waals surface area (Å²) in [5.74, 6) is -1.90. The lowest BCUT2D eigenvalue weighted by Crippen LogP contribution is -2.23. The summed E-state index contributed by atoms with van der Waals surface area (Å²) < 4.78 is 13.6. The van der Waals surface area contributed by atoms with E-state index in [1.165, 1.54) is 12.1 Å². The van der Waals surface area contributed by atoms with Gasteiger partial charge in [-0.25, -0.2) is 4.39 Å². The van der Waals surface area contributed by atoms with Gasteiger partial charge in [-0.2, -0.15) is 5.21 Å². The minimum atomic E-state index is -1.54. The second-order valence-corrected chi connectivity index (χ2v) is 4.29. The molecule has 1 N–H and O–H groups in total. The van der Waals surface area contributed by atoms with Gasteiger partial charge in [0.1, 0.15) is 5.82 Å². The predicted molar refractivity (Wildman–Crippen MR) is 69.3 cm³/mol. The number of aromatic carboxylic acids is 1. The molecule has 0 unspecified atom stereocenters. The molecule has 3 rings (SSSR count). The van der Waals surface area contributed by atoms with Crippen LogP contribution in [0.3, 0.4) is 0 Å². The van der Waals surface area contributed by atoms with Gasteiger partial charge >= 0.3 is 0 Å². The maximum atomic E-state index is 13.6. The first-order valence-electron chi connectivity index (χ1n) is 6.00. The minimum absolute atomic E-state index is 0.456. The topological polar surface area (TPSA) is 94.6 Å². The fraction of sp³-hybridized carbons (Fsp3) is 0. The zero-order valence-electron chi connectivity index (χ0n) is 10.6. The average molecular weight is 283 g/mol. The van der Waals surface area contributed by atoms with Crippen LogP contribution in [0, 0.1) is 5.82 Å². The number of tetrazole rings is 1. The molecule has 2 aromatic carbocycles. The molecule has 0 bridgehead atoms. The van der Waals surface area contributed by atoms with Crippen molar-refractivity contribution in [2.75, 3.05) is 0 Å². The first-order chi connectivity index (χ1) is 10.1. The molecule has 0 fully saturated rings. The molecule has 1 heterocycles. The van der Waals surface area contributed by atoms with Crippen molar-refractivity contribution < 1.29 is 14.3 Å². The molecule has 0 saturated heterocycles. The maximum Gasteiger partial charge on any atom is 0.204 e. The van der Waals surface area contributed by atoms with Gasteiger partial charge < -0.3 is 9.90 Å². The lowest BCUT2D eigenvalue weighted by Gasteiger charge is -2.07. The van der Waals surface area contributed by atoms with Gasteiger partial charge in [0.25, 0.3) is 0 Å². The number of nitrogens with one attached hydrogen (secondary N) is 1. The summed E-state index contributed by atoms with van der Waals surface area (Å²) in [5.41, 5.74) is 1.62. The summed E-state index contributed by atoms with van der Waals surface area (Å²) in [6.45, 7) is 0. The molecule has 1 aromatic heterocycles. The van der Waals surface area contributed by atoms with Crippen molar-refractivity contribution in [3.63, 3.8) is 0 Å². The summed E-state index contributed by atoms with van der Waals surface area (Å²) in [4.78, 5) is 10.7. The van der Waals surface area contributed by atoms with Crippen LogP contribution in [-0.2, 0) is 0 Å². The fourth-order valence-electron chi connectivity index (χ4n) is 1.96. The molecule has 0 aliphatic heterocycles. The number of H-pyrrole nitrogens is 1. The van der Waals surface area contributed by atoms with Crippen molar-refractivity contribution in [1.29, 1.82) is 0 Å². The molecule has 6 nitrogen and oxygen atoms in total. The molecule has 21 heavy (non-hydrogen) atoms. The second kappa shape index (κ2) is 5.12. The molecule has 0 amide bonds. The van der Waals surface area contributed by atoms with Gasteiger partial charge in [-0.15, -0.1) is 10.2 Å². The van der Waals surface area contributed by atoms with Gasteiger partial charge in [0, 0.05) is 11.1 Å². The van der Waals surface area contributed by atoms with Gasteiger partial charge in [-0.05, 0) is 28.5 Å². The monoisotopic (exact) mass is 283 g/mol. The van der Waals surface area contributed by atoms with E-state index in [2.05, 4.69) is 20.6 Å². The van der Waals surface area contributed by atoms with Crippen LogP contribution in [0.2, 0.25) is 0 Å². The molecule has 7 heteroatoms. The van der Waals surface area contributed by atoms with Crippen LogP contribution < -0.4 is 5.11 Å². The quantitative estimate of drug-likeness (QED) is 0.774. The number of carbonyl (C=O) groups is 1. The van der Waals surface area contributed by atoms with Crippen molar-refractivity contribution in [3.8, 4) is 22.5 Å². The van der Waals surface area contributed by atoms with Crippen LogP contribution in [0.15, 0.2) is 42.5 Å². The maximum absolute atomic E-state index is 13.6. The van der Waals surface area contributed by atoms with Gasteiger partial charge in [-0.3, -0.25) is 0 Å². The Balaban J connectivity index is 1.94. The molecule has 0 aliphatic carbocycles. The van der Waals surface area contributed by atoms with Crippen molar-refractivity contribution in [1.82, 2.24) is 20.6 Å². The van der Waals surface area contributed by atoms with E-state index in [1.54, 1.807) is 24.3 Å². The van der Waals surface area contributed by atoms with Crippen LogP contribution in [0.5, 0.6) is 0 Å². The number of hydrogen-bond acceptors (Lipinski definition) is 5. The lowest BCUT2D eigenvalue weighted by molar-refractivity contribution is -0.255. The van der Waals surface area contributed by atoms with E-state index in [4.69, 9.17) is 0 Å². The van der Waals surface area contributed by atoms with E-state index in [1.807, 2.05) is 0 Å². The van der Waals surface area contributed by atoms with Crippen molar-refractivity contribution in [2.24, 2.45) is 0 Å². The molecule has 0 spiro atoms. The third kappa shape index (κ3) is 2.48. The van der Waals surface area contributed by atoms with E-state index >= 15 is 0 Å². The summed E-state index contributed by atoms with van der Waals surface area (Å²) >= 11 is 0. The number of halogens is 1. The SMILES string of the molecule is O=C([O-])c1ccc(-c2ccc(-c3nn[nH]n3)cc2)cc1F. The number of hydrogen-bond donors (Lipinski definition) is 1. The summed E-state index contributed by atoms with van der Waals surface area (Å²) in [6.07, 6.45) is 0. The Morgan fingerprint density at radius 2 is 1.71 bits per heavy atom. The smallest absolute Gasteiger partial charge is 0.204 e. The predicted octanol–water partition coefficient (Wildman–Crippen LogP) is 1.04. The standard InChI is InChI=1S/C14H9FN4O2/c15-12-7-10(5-6-11(12)14(20)21)8-1-3-9(4-2-8)13-16-18-19-17-13/h1-7H,(H,20,21)(H,16,17,18,19)/p-1. The van der Waals surface area contributed by atoms with Crippen molar-refractivity contribution in [2.45, 2.75) is 0 Å². The molecule has 0 aliphatic rings. The lowest BCUT2D eigenvalue weighted by atomic mass is 10.0. The molecule has 0 saturated carbocycles. The van der Waals surface area contributed by atoms with Gasteiger partial charge in [0.2, 0.25) is 5.82 Å². The molecule has 0 atom stereocenters. The highest BCUT2D eigenvalue weighted by Gasteiger charge is 2.07. The van der Waals surface area contributed by atoms with Crippen molar-refractivity contribution >= 4 is 5.97 Å². The number of aromatic amines is 1. The Bertz CT molecular complexity index is 785. The number of carbonyl (C=O) groups excluding carboxylic acids is 1. The van der Waals surface area contributed by atoms with Gasteiger partial charge in [0.05, 0.1) is 5.97 Å². The molecular formula is C14H8FN4O2-.